The van der Waals surface area contributed by atoms with Crippen molar-refractivity contribution in [1.82, 2.24) is 0 Å². The lowest BCUT2D eigenvalue weighted by atomic mass is 9.47. The van der Waals surface area contributed by atoms with Crippen molar-refractivity contribution in [2.45, 2.75) is 77.2 Å². The summed E-state index contributed by atoms with van der Waals surface area (Å²) in [6.07, 6.45) is 6.72. The quantitative estimate of drug-likeness (QED) is 0.671. The van der Waals surface area contributed by atoms with Gasteiger partial charge in [0, 0.05) is 0 Å². The molecule has 2 N–H and O–H groups in total. The number of aliphatic hydroxyl groups is 2. The Labute approximate surface area is 132 Å². The van der Waals surface area contributed by atoms with E-state index in [1.54, 1.807) is 0 Å². The van der Waals surface area contributed by atoms with Gasteiger partial charge in [0.2, 0.25) is 0 Å². The summed E-state index contributed by atoms with van der Waals surface area (Å²) in [5.74, 6) is 1.49. The van der Waals surface area contributed by atoms with Gasteiger partial charge in [-0.25, -0.2) is 4.39 Å². The summed E-state index contributed by atoms with van der Waals surface area (Å²) < 4.78 is 14.2. The molecule has 4 rings (SSSR count). The smallest absolute Gasteiger partial charge is 0.127 e. The lowest BCUT2D eigenvalue weighted by molar-refractivity contribution is -0.0808. The first-order valence-electron chi connectivity index (χ1n) is 9.07. The summed E-state index contributed by atoms with van der Waals surface area (Å²) in [7, 11) is 0. The molecular formula is C19H29FO2. The normalized spacial score (nSPS) is 57.6. The molecule has 0 radical (unpaired) electrons. The van der Waals surface area contributed by atoms with Crippen LogP contribution in [0, 0.1) is 28.6 Å². The summed E-state index contributed by atoms with van der Waals surface area (Å²) >= 11 is 0. The van der Waals surface area contributed by atoms with E-state index in [-0.39, 0.29) is 16.9 Å². The zero-order valence-corrected chi connectivity index (χ0v) is 13.8. The van der Waals surface area contributed by atoms with Gasteiger partial charge in [0.1, 0.15) is 6.17 Å². The van der Waals surface area contributed by atoms with E-state index in [0.29, 0.717) is 24.2 Å². The molecule has 0 unspecified atom stereocenters. The van der Waals surface area contributed by atoms with Crippen LogP contribution in [-0.4, -0.2) is 28.6 Å². The first-order valence-corrected chi connectivity index (χ1v) is 9.07. The van der Waals surface area contributed by atoms with Gasteiger partial charge >= 0.3 is 0 Å². The van der Waals surface area contributed by atoms with Crippen molar-refractivity contribution < 1.29 is 14.6 Å². The zero-order chi connectivity index (χ0) is 15.7. The van der Waals surface area contributed by atoms with Gasteiger partial charge in [0.05, 0.1) is 12.2 Å². The highest BCUT2D eigenvalue weighted by atomic mass is 19.1. The Hall–Kier alpha value is -0.410. The fourth-order valence-electron chi connectivity index (χ4n) is 6.65. The van der Waals surface area contributed by atoms with Crippen LogP contribution < -0.4 is 0 Å². The largest absolute Gasteiger partial charge is 0.390 e. The second-order valence-corrected chi connectivity index (χ2v) is 8.87. The van der Waals surface area contributed by atoms with Crippen molar-refractivity contribution in [2.75, 3.05) is 0 Å². The van der Waals surface area contributed by atoms with Gasteiger partial charge in [-0.05, 0) is 73.5 Å². The van der Waals surface area contributed by atoms with Gasteiger partial charge < -0.3 is 10.2 Å². The Morgan fingerprint density at radius 1 is 1.09 bits per heavy atom. The van der Waals surface area contributed by atoms with E-state index in [2.05, 4.69) is 19.9 Å². The van der Waals surface area contributed by atoms with E-state index in [1.807, 2.05) is 0 Å². The van der Waals surface area contributed by atoms with Crippen LogP contribution in [-0.2, 0) is 0 Å². The lowest BCUT2D eigenvalue weighted by Crippen LogP contribution is -2.51. The van der Waals surface area contributed by atoms with Gasteiger partial charge in [0.25, 0.3) is 0 Å². The van der Waals surface area contributed by atoms with Gasteiger partial charge in [-0.1, -0.05) is 25.5 Å². The van der Waals surface area contributed by atoms with E-state index >= 15 is 0 Å². The maximum absolute atomic E-state index is 14.2. The highest BCUT2D eigenvalue weighted by molar-refractivity contribution is 5.25. The van der Waals surface area contributed by atoms with E-state index in [9.17, 15) is 14.6 Å². The van der Waals surface area contributed by atoms with Crippen LogP contribution in [0.4, 0.5) is 4.39 Å². The molecule has 124 valence electrons. The Bertz CT molecular complexity index is 504. The average Bonchev–Trinajstić information content (AvgIpc) is 2.72. The predicted octanol–water partition coefficient (Wildman–Crippen LogP) is 3.62. The van der Waals surface area contributed by atoms with Gasteiger partial charge in [-0.3, -0.25) is 0 Å². The zero-order valence-electron chi connectivity index (χ0n) is 13.8. The fraction of sp³-hybridized carbons (Fsp3) is 0.895. The second-order valence-electron chi connectivity index (χ2n) is 8.87. The molecule has 0 spiro atoms. The van der Waals surface area contributed by atoms with Crippen LogP contribution in [0.2, 0.25) is 0 Å². The van der Waals surface area contributed by atoms with Crippen molar-refractivity contribution in [2.24, 2.45) is 28.6 Å². The number of hydrogen-bond donors (Lipinski definition) is 2. The molecule has 0 aliphatic heterocycles. The molecule has 3 saturated carbocycles. The van der Waals surface area contributed by atoms with Crippen LogP contribution in [0.5, 0.6) is 0 Å². The molecule has 22 heavy (non-hydrogen) atoms. The first kappa shape index (κ1) is 15.1. The molecule has 8 atom stereocenters. The number of halogens is 1. The summed E-state index contributed by atoms with van der Waals surface area (Å²) in [6.45, 7) is 4.50. The van der Waals surface area contributed by atoms with E-state index < -0.39 is 12.3 Å². The lowest BCUT2D eigenvalue weighted by Gasteiger charge is -2.58. The Morgan fingerprint density at radius 3 is 2.64 bits per heavy atom. The molecule has 0 aromatic carbocycles. The summed E-state index contributed by atoms with van der Waals surface area (Å²) in [6, 6.07) is 0. The number of hydrogen-bond acceptors (Lipinski definition) is 2. The number of aliphatic hydroxyl groups excluding tert-OH is 2. The molecule has 3 fully saturated rings. The fourth-order valence-corrected chi connectivity index (χ4v) is 6.65. The van der Waals surface area contributed by atoms with E-state index in [4.69, 9.17) is 0 Å². The third kappa shape index (κ3) is 1.84. The average molecular weight is 308 g/mol. The van der Waals surface area contributed by atoms with Crippen molar-refractivity contribution in [3.63, 3.8) is 0 Å². The molecule has 0 aromatic rings. The molecule has 0 heterocycles. The molecule has 2 nitrogen and oxygen atoms in total. The maximum atomic E-state index is 14.2. The van der Waals surface area contributed by atoms with Crippen molar-refractivity contribution in [3.8, 4) is 0 Å². The second kappa shape index (κ2) is 4.80. The highest BCUT2D eigenvalue weighted by Gasteiger charge is 2.61. The minimum absolute atomic E-state index is 0.197. The highest BCUT2D eigenvalue weighted by Crippen LogP contribution is 2.65. The third-order valence-electron chi connectivity index (χ3n) is 8.02. The van der Waals surface area contributed by atoms with Gasteiger partial charge in [-0.15, -0.1) is 0 Å². The van der Waals surface area contributed by atoms with E-state index in [0.717, 1.165) is 38.5 Å². The van der Waals surface area contributed by atoms with Crippen LogP contribution in [0.15, 0.2) is 11.6 Å². The van der Waals surface area contributed by atoms with Crippen LogP contribution in [0.1, 0.15) is 58.8 Å². The monoisotopic (exact) mass is 308 g/mol. The molecule has 3 heteroatoms. The number of alkyl halides is 1. The topological polar surface area (TPSA) is 40.5 Å². The van der Waals surface area contributed by atoms with Crippen LogP contribution in [0.3, 0.4) is 0 Å². The number of rotatable bonds is 0. The predicted molar refractivity (Wildman–Crippen MR) is 84.0 cm³/mol. The van der Waals surface area contributed by atoms with Crippen molar-refractivity contribution >= 4 is 0 Å². The van der Waals surface area contributed by atoms with Crippen molar-refractivity contribution in [3.05, 3.63) is 11.6 Å². The first-order chi connectivity index (χ1) is 10.4. The summed E-state index contributed by atoms with van der Waals surface area (Å²) in [4.78, 5) is 0. The SMILES string of the molecule is C[C@]12CC[C@H]3[C@@H](CCC4=C[C@@H](O)CC[C@@]43C)[C@@H]1C[C@@H](F)[C@H]2O. The maximum Gasteiger partial charge on any atom is 0.127 e. The summed E-state index contributed by atoms with van der Waals surface area (Å²) in [5.41, 5.74) is 1.43. The number of fused-ring (bicyclic) bond motifs is 5. The summed E-state index contributed by atoms with van der Waals surface area (Å²) in [5, 5.41) is 20.3. The molecule has 0 bridgehead atoms. The Kier molecular flexibility index (Phi) is 3.30. The van der Waals surface area contributed by atoms with Crippen LogP contribution in [0.25, 0.3) is 0 Å². The van der Waals surface area contributed by atoms with Gasteiger partial charge in [-0.2, -0.15) is 0 Å². The Balaban J connectivity index is 1.68. The standard InChI is InChI=1S/C19H29FO2/c1-18-7-5-12(21)9-11(18)3-4-13-14(18)6-8-19(2)15(13)10-16(20)17(19)22/h9,12-17,21-22H,3-8,10H2,1-2H3/t12-,13+,14-,15-,16+,17+,18-,19-/m0/s1. The molecule has 0 aromatic heterocycles. The molecule has 0 saturated heterocycles. The van der Waals surface area contributed by atoms with E-state index in [1.165, 1.54) is 5.57 Å². The Morgan fingerprint density at radius 2 is 1.86 bits per heavy atom. The molecule has 0 amide bonds. The molecular weight excluding hydrogens is 279 g/mol. The van der Waals surface area contributed by atoms with Gasteiger partial charge in [0.15, 0.2) is 0 Å². The minimum atomic E-state index is -1.04. The van der Waals surface area contributed by atoms with Crippen molar-refractivity contribution in [1.29, 1.82) is 0 Å². The third-order valence-corrected chi connectivity index (χ3v) is 8.02. The van der Waals surface area contributed by atoms with Crippen LogP contribution >= 0.6 is 0 Å². The molecule has 4 aliphatic carbocycles. The molecule has 4 aliphatic rings. The number of allylic oxidation sites excluding steroid dienone is 1. The minimum Gasteiger partial charge on any atom is -0.390 e.